The number of hydrogen-bond acceptors (Lipinski definition) is 6. The van der Waals surface area contributed by atoms with Gasteiger partial charge in [0.05, 0.1) is 11.9 Å². The van der Waals surface area contributed by atoms with E-state index in [9.17, 15) is 14.4 Å². The summed E-state index contributed by atoms with van der Waals surface area (Å²) in [4.78, 5) is 40.8. The van der Waals surface area contributed by atoms with Crippen molar-refractivity contribution in [1.29, 1.82) is 0 Å². The molecule has 2 aromatic carbocycles. The number of halogens is 1. The average Bonchev–Trinajstić information content (AvgIpc) is 2.69. The minimum absolute atomic E-state index is 0.134. The van der Waals surface area contributed by atoms with Crippen molar-refractivity contribution in [2.24, 2.45) is 5.41 Å². The van der Waals surface area contributed by atoms with E-state index in [0.29, 0.717) is 16.3 Å². The molecular weight excluding hydrogens is 392 g/mol. The van der Waals surface area contributed by atoms with Gasteiger partial charge in [0.25, 0.3) is 16.8 Å². The van der Waals surface area contributed by atoms with Crippen molar-refractivity contribution in [3.8, 4) is 0 Å². The fourth-order valence-electron chi connectivity index (χ4n) is 2.66. The van der Waals surface area contributed by atoms with Gasteiger partial charge in [-0.1, -0.05) is 32.4 Å². The maximum Gasteiger partial charge on any atom is 0.253 e. The standard InChI is InChI=1S/C21H21ClN4O3/c1-21(2,3)20(26-19(29)12-6-8-13(22)9-7-12)25-16-15(17(27)18(16)28)24-14-5-4-10-23-11-14/h4-11,20,24-25H,1-3H3,(H,26,29). The zero-order chi connectivity index (χ0) is 21.2. The van der Waals surface area contributed by atoms with Crippen molar-refractivity contribution < 1.29 is 4.79 Å². The summed E-state index contributed by atoms with van der Waals surface area (Å²) >= 11 is 5.87. The molecule has 3 N–H and O–H groups in total. The predicted octanol–water partition coefficient (Wildman–Crippen LogP) is 3.29. The molecule has 0 bridgehead atoms. The van der Waals surface area contributed by atoms with Crippen LogP contribution in [0.5, 0.6) is 0 Å². The van der Waals surface area contributed by atoms with Gasteiger partial charge in [0.15, 0.2) is 0 Å². The van der Waals surface area contributed by atoms with E-state index in [1.165, 1.54) is 0 Å². The first-order valence-electron chi connectivity index (χ1n) is 9.00. The molecule has 8 heteroatoms. The molecule has 1 unspecified atom stereocenters. The third-order valence-electron chi connectivity index (χ3n) is 4.38. The van der Waals surface area contributed by atoms with Crippen LogP contribution in [0.2, 0.25) is 5.02 Å². The van der Waals surface area contributed by atoms with Crippen LogP contribution in [0.25, 0.3) is 0 Å². The zero-order valence-electron chi connectivity index (χ0n) is 16.2. The van der Waals surface area contributed by atoms with Crippen molar-refractivity contribution in [2.45, 2.75) is 26.9 Å². The van der Waals surface area contributed by atoms with Crippen LogP contribution in [0.15, 0.2) is 58.4 Å². The predicted molar refractivity (Wildman–Crippen MR) is 115 cm³/mol. The molecule has 29 heavy (non-hydrogen) atoms. The molecule has 0 aliphatic rings. The average molecular weight is 413 g/mol. The van der Waals surface area contributed by atoms with Crippen LogP contribution in [0, 0.1) is 5.41 Å². The van der Waals surface area contributed by atoms with E-state index in [2.05, 4.69) is 20.9 Å². The number of nitrogens with zero attached hydrogens (tertiary/aromatic N) is 1. The van der Waals surface area contributed by atoms with Crippen molar-refractivity contribution in [3.05, 3.63) is 79.8 Å². The summed E-state index contributed by atoms with van der Waals surface area (Å²) in [6.45, 7) is 5.73. The van der Waals surface area contributed by atoms with Crippen molar-refractivity contribution in [1.82, 2.24) is 10.3 Å². The van der Waals surface area contributed by atoms with E-state index in [1.807, 2.05) is 20.8 Å². The van der Waals surface area contributed by atoms with E-state index in [4.69, 9.17) is 11.6 Å². The minimum Gasteiger partial charge on any atom is -0.360 e. The molecular formula is C21H21ClN4O3. The highest BCUT2D eigenvalue weighted by atomic mass is 35.5. The first-order valence-corrected chi connectivity index (χ1v) is 9.38. The normalized spacial score (nSPS) is 12.4. The summed E-state index contributed by atoms with van der Waals surface area (Å²) in [5.41, 5.74) is -0.398. The zero-order valence-corrected chi connectivity index (χ0v) is 17.0. The smallest absolute Gasteiger partial charge is 0.253 e. The van der Waals surface area contributed by atoms with Gasteiger partial charge in [-0.2, -0.15) is 0 Å². The number of nitrogens with one attached hydrogen (secondary N) is 3. The second-order valence-corrected chi connectivity index (χ2v) is 8.14. The molecule has 3 aromatic rings. The lowest BCUT2D eigenvalue weighted by Crippen LogP contribution is -2.51. The molecule has 0 aliphatic heterocycles. The summed E-state index contributed by atoms with van der Waals surface area (Å²) in [6.07, 6.45) is 2.54. The molecule has 3 rings (SSSR count). The van der Waals surface area contributed by atoms with E-state index in [-0.39, 0.29) is 17.3 Å². The molecule has 1 aromatic heterocycles. The highest BCUT2D eigenvalue weighted by Crippen LogP contribution is 2.26. The van der Waals surface area contributed by atoms with Gasteiger partial charge in [0.2, 0.25) is 0 Å². The maximum atomic E-state index is 12.6. The summed E-state index contributed by atoms with van der Waals surface area (Å²) in [6, 6.07) is 9.93. The molecule has 1 heterocycles. The molecule has 0 fully saturated rings. The van der Waals surface area contributed by atoms with E-state index in [0.717, 1.165) is 0 Å². The Morgan fingerprint density at radius 3 is 2.28 bits per heavy atom. The van der Waals surface area contributed by atoms with Gasteiger partial charge in [-0.05, 0) is 36.4 Å². The first-order chi connectivity index (χ1) is 13.7. The Balaban J connectivity index is 1.82. The number of benzene rings is 1. The topological polar surface area (TPSA) is 100 Å². The van der Waals surface area contributed by atoms with Crippen LogP contribution in [0.4, 0.5) is 17.1 Å². The lowest BCUT2D eigenvalue weighted by atomic mass is 9.91. The number of pyridine rings is 1. The van der Waals surface area contributed by atoms with Crippen LogP contribution < -0.4 is 26.8 Å². The summed E-state index contributed by atoms with van der Waals surface area (Å²) < 4.78 is 0. The number of aromatic nitrogens is 1. The number of carbonyl (C=O) groups excluding carboxylic acids is 1. The fourth-order valence-corrected chi connectivity index (χ4v) is 2.78. The Morgan fingerprint density at radius 2 is 1.69 bits per heavy atom. The van der Waals surface area contributed by atoms with Crippen molar-refractivity contribution >= 4 is 34.6 Å². The van der Waals surface area contributed by atoms with Gasteiger partial charge in [-0.15, -0.1) is 0 Å². The van der Waals surface area contributed by atoms with Crippen LogP contribution in [-0.4, -0.2) is 17.1 Å². The number of anilines is 3. The van der Waals surface area contributed by atoms with Gasteiger partial charge in [-0.3, -0.25) is 19.4 Å². The van der Waals surface area contributed by atoms with E-state index in [1.54, 1.807) is 48.8 Å². The quantitative estimate of drug-likeness (QED) is 0.424. The third-order valence-corrected chi connectivity index (χ3v) is 4.63. The Bertz CT molecular complexity index is 1080. The molecule has 0 aliphatic carbocycles. The lowest BCUT2D eigenvalue weighted by Gasteiger charge is -2.33. The lowest BCUT2D eigenvalue weighted by molar-refractivity contribution is 0.0913. The highest BCUT2D eigenvalue weighted by Gasteiger charge is 2.31. The van der Waals surface area contributed by atoms with Crippen LogP contribution in [-0.2, 0) is 0 Å². The second kappa shape index (κ2) is 8.05. The van der Waals surface area contributed by atoms with E-state index < -0.39 is 22.4 Å². The molecule has 0 saturated carbocycles. The van der Waals surface area contributed by atoms with E-state index >= 15 is 0 Å². The monoisotopic (exact) mass is 412 g/mol. The molecule has 0 spiro atoms. The van der Waals surface area contributed by atoms with Gasteiger partial charge in [0.1, 0.15) is 17.5 Å². The number of carbonyl (C=O) groups is 1. The van der Waals surface area contributed by atoms with Crippen LogP contribution in [0.1, 0.15) is 31.1 Å². The second-order valence-electron chi connectivity index (χ2n) is 7.70. The Kier molecular flexibility index (Phi) is 5.70. The first kappa shape index (κ1) is 20.5. The maximum absolute atomic E-state index is 12.6. The Labute approximate surface area is 172 Å². The third kappa shape index (κ3) is 4.63. The Morgan fingerprint density at radius 1 is 1.03 bits per heavy atom. The molecule has 1 atom stereocenters. The number of hydrogen-bond donors (Lipinski definition) is 3. The summed E-state index contributed by atoms with van der Waals surface area (Å²) in [7, 11) is 0. The Hall–Kier alpha value is -3.19. The van der Waals surface area contributed by atoms with Gasteiger partial charge >= 0.3 is 0 Å². The van der Waals surface area contributed by atoms with Gasteiger partial charge < -0.3 is 16.0 Å². The highest BCUT2D eigenvalue weighted by molar-refractivity contribution is 6.30. The molecule has 7 nitrogen and oxygen atoms in total. The molecule has 150 valence electrons. The fraction of sp³-hybridized carbons (Fsp3) is 0.238. The number of rotatable bonds is 6. The minimum atomic E-state index is -0.633. The van der Waals surface area contributed by atoms with Crippen molar-refractivity contribution in [2.75, 3.05) is 10.6 Å². The van der Waals surface area contributed by atoms with Crippen LogP contribution >= 0.6 is 11.6 Å². The summed E-state index contributed by atoms with van der Waals surface area (Å²) in [5.74, 6) is -0.324. The van der Waals surface area contributed by atoms with Crippen molar-refractivity contribution in [3.63, 3.8) is 0 Å². The largest absolute Gasteiger partial charge is 0.360 e. The molecule has 0 radical (unpaired) electrons. The number of amides is 1. The van der Waals surface area contributed by atoms with Crippen LogP contribution in [0.3, 0.4) is 0 Å². The van der Waals surface area contributed by atoms with Gasteiger partial charge in [-0.25, -0.2) is 0 Å². The molecule has 0 saturated heterocycles. The summed E-state index contributed by atoms with van der Waals surface area (Å²) in [5, 5.41) is 9.35. The SMILES string of the molecule is CC(C)(C)C(NC(=O)c1ccc(Cl)cc1)Nc1c(Nc2cccnc2)c(=O)c1=O. The molecule has 1 amide bonds. The van der Waals surface area contributed by atoms with Gasteiger partial charge in [0, 0.05) is 22.2 Å².